The Bertz CT molecular complexity index is 401. The van der Waals surface area contributed by atoms with Crippen LogP contribution in [0.3, 0.4) is 0 Å². The first-order valence-corrected chi connectivity index (χ1v) is 5.77. The molecule has 0 saturated heterocycles. The van der Waals surface area contributed by atoms with Gasteiger partial charge in [-0.25, -0.2) is 4.98 Å². The zero-order chi connectivity index (χ0) is 12.5. The van der Waals surface area contributed by atoms with Gasteiger partial charge in [-0.05, 0) is 13.3 Å². The Hall–Kier alpha value is -1.62. The van der Waals surface area contributed by atoms with Crippen molar-refractivity contribution in [3.05, 3.63) is 35.4 Å². The van der Waals surface area contributed by atoms with Crippen LogP contribution in [0.5, 0.6) is 0 Å². The number of hydrogen-bond acceptors (Lipinski definition) is 4. The molecule has 94 valence electrons. The van der Waals surface area contributed by atoms with Crippen LogP contribution in [0.4, 0.5) is 5.82 Å². The molecule has 17 heavy (non-hydrogen) atoms. The standard InChI is InChI=1S/C12H19N3O2/c1-3-5-9-17-10-7-14-11-12(16)15(4-2)8-6-13-11/h3,6,8H,1,4-5,7,9-10H2,2H3,(H,13,14). The summed E-state index contributed by atoms with van der Waals surface area (Å²) in [4.78, 5) is 15.8. The maximum atomic E-state index is 11.8. The van der Waals surface area contributed by atoms with Crippen LogP contribution in [-0.4, -0.2) is 29.3 Å². The van der Waals surface area contributed by atoms with Crippen molar-refractivity contribution in [2.75, 3.05) is 25.1 Å². The lowest BCUT2D eigenvalue weighted by Gasteiger charge is -2.07. The van der Waals surface area contributed by atoms with Gasteiger partial charge in [0.25, 0.3) is 5.56 Å². The molecule has 1 aromatic rings. The van der Waals surface area contributed by atoms with E-state index in [9.17, 15) is 4.79 Å². The molecular weight excluding hydrogens is 218 g/mol. The second kappa shape index (κ2) is 7.62. The molecule has 0 aliphatic carbocycles. The van der Waals surface area contributed by atoms with Crippen molar-refractivity contribution in [1.29, 1.82) is 0 Å². The maximum absolute atomic E-state index is 11.8. The van der Waals surface area contributed by atoms with E-state index in [2.05, 4.69) is 16.9 Å². The van der Waals surface area contributed by atoms with E-state index in [1.54, 1.807) is 17.0 Å². The fourth-order valence-corrected chi connectivity index (χ4v) is 1.33. The number of rotatable bonds is 8. The fraction of sp³-hybridized carbons (Fsp3) is 0.500. The zero-order valence-electron chi connectivity index (χ0n) is 10.2. The molecule has 1 N–H and O–H groups in total. The quantitative estimate of drug-likeness (QED) is 0.546. The van der Waals surface area contributed by atoms with E-state index in [1.807, 2.05) is 13.0 Å². The average molecular weight is 237 g/mol. The van der Waals surface area contributed by atoms with E-state index in [-0.39, 0.29) is 5.56 Å². The number of nitrogens with zero attached hydrogens (tertiary/aromatic N) is 2. The molecule has 0 unspecified atom stereocenters. The Morgan fingerprint density at radius 1 is 1.59 bits per heavy atom. The molecule has 5 heteroatoms. The Morgan fingerprint density at radius 2 is 2.41 bits per heavy atom. The first-order chi connectivity index (χ1) is 8.29. The fourth-order valence-electron chi connectivity index (χ4n) is 1.33. The third kappa shape index (κ3) is 4.40. The van der Waals surface area contributed by atoms with E-state index >= 15 is 0 Å². The van der Waals surface area contributed by atoms with Gasteiger partial charge in [-0.2, -0.15) is 0 Å². The van der Waals surface area contributed by atoms with Crippen LogP contribution in [0.2, 0.25) is 0 Å². The average Bonchev–Trinajstić information content (AvgIpc) is 2.35. The summed E-state index contributed by atoms with van der Waals surface area (Å²) in [6, 6.07) is 0. The molecule has 0 amide bonds. The van der Waals surface area contributed by atoms with Crippen molar-refractivity contribution in [1.82, 2.24) is 9.55 Å². The summed E-state index contributed by atoms with van der Waals surface area (Å²) in [5.41, 5.74) is -0.0962. The lowest BCUT2D eigenvalue weighted by molar-refractivity contribution is 0.149. The highest BCUT2D eigenvalue weighted by Gasteiger charge is 2.01. The highest BCUT2D eigenvalue weighted by Crippen LogP contribution is 1.92. The molecule has 0 bridgehead atoms. The second-order valence-electron chi connectivity index (χ2n) is 3.48. The smallest absolute Gasteiger partial charge is 0.293 e. The van der Waals surface area contributed by atoms with Gasteiger partial charge >= 0.3 is 0 Å². The van der Waals surface area contributed by atoms with Crippen molar-refractivity contribution < 1.29 is 4.74 Å². The molecule has 0 aliphatic rings. The molecule has 1 rings (SSSR count). The van der Waals surface area contributed by atoms with Gasteiger partial charge in [0.05, 0.1) is 13.2 Å². The van der Waals surface area contributed by atoms with Gasteiger partial charge in [-0.15, -0.1) is 6.58 Å². The monoisotopic (exact) mass is 237 g/mol. The Morgan fingerprint density at radius 3 is 3.12 bits per heavy atom. The van der Waals surface area contributed by atoms with Gasteiger partial charge in [0, 0.05) is 25.5 Å². The molecule has 0 radical (unpaired) electrons. The number of nitrogens with one attached hydrogen (secondary N) is 1. The normalized spacial score (nSPS) is 10.2. The highest BCUT2D eigenvalue weighted by molar-refractivity contribution is 5.30. The summed E-state index contributed by atoms with van der Waals surface area (Å²) in [5.74, 6) is 0.377. The minimum atomic E-state index is -0.0962. The van der Waals surface area contributed by atoms with Crippen LogP contribution in [0, 0.1) is 0 Å². The molecule has 1 heterocycles. The van der Waals surface area contributed by atoms with Crippen LogP contribution >= 0.6 is 0 Å². The van der Waals surface area contributed by atoms with Gasteiger partial charge in [0.1, 0.15) is 0 Å². The molecule has 0 atom stereocenters. The van der Waals surface area contributed by atoms with Gasteiger partial charge in [-0.3, -0.25) is 4.79 Å². The van der Waals surface area contributed by atoms with E-state index in [1.165, 1.54) is 0 Å². The van der Waals surface area contributed by atoms with Crippen LogP contribution in [0.1, 0.15) is 13.3 Å². The molecular formula is C12H19N3O2. The van der Waals surface area contributed by atoms with Crippen molar-refractivity contribution in [2.24, 2.45) is 0 Å². The van der Waals surface area contributed by atoms with Gasteiger partial charge in [0.2, 0.25) is 0 Å². The lowest BCUT2D eigenvalue weighted by atomic mass is 10.4. The van der Waals surface area contributed by atoms with E-state index in [0.29, 0.717) is 32.1 Å². The van der Waals surface area contributed by atoms with Crippen LogP contribution in [0.15, 0.2) is 29.8 Å². The summed E-state index contributed by atoms with van der Waals surface area (Å²) in [6.45, 7) is 7.96. The summed E-state index contributed by atoms with van der Waals surface area (Å²) in [6.07, 6.45) is 5.94. The van der Waals surface area contributed by atoms with Crippen LogP contribution in [0.25, 0.3) is 0 Å². The molecule has 0 saturated carbocycles. The van der Waals surface area contributed by atoms with Crippen molar-refractivity contribution >= 4 is 5.82 Å². The molecule has 0 aromatic carbocycles. The van der Waals surface area contributed by atoms with Gasteiger partial charge in [0.15, 0.2) is 5.82 Å². The molecule has 1 aromatic heterocycles. The minimum Gasteiger partial charge on any atom is -0.379 e. The van der Waals surface area contributed by atoms with Gasteiger partial charge < -0.3 is 14.6 Å². The lowest BCUT2D eigenvalue weighted by Crippen LogP contribution is -2.25. The Labute approximate surface area is 101 Å². The van der Waals surface area contributed by atoms with Crippen LogP contribution in [-0.2, 0) is 11.3 Å². The Balaban J connectivity index is 2.36. The van der Waals surface area contributed by atoms with Crippen molar-refractivity contribution in [3.63, 3.8) is 0 Å². The first-order valence-electron chi connectivity index (χ1n) is 5.77. The number of aromatic nitrogens is 2. The van der Waals surface area contributed by atoms with E-state index in [0.717, 1.165) is 6.42 Å². The van der Waals surface area contributed by atoms with E-state index in [4.69, 9.17) is 4.74 Å². The van der Waals surface area contributed by atoms with Crippen molar-refractivity contribution in [2.45, 2.75) is 19.9 Å². The molecule has 5 nitrogen and oxygen atoms in total. The molecule has 0 aliphatic heterocycles. The summed E-state index contributed by atoms with van der Waals surface area (Å²) in [7, 11) is 0. The second-order valence-corrected chi connectivity index (χ2v) is 3.48. The predicted molar refractivity (Wildman–Crippen MR) is 68.3 cm³/mol. The highest BCUT2D eigenvalue weighted by atomic mass is 16.5. The third-order valence-corrected chi connectivity index (χ3v) is 2.26. The molecule has 0 fully saturated rings. The topological polar surface area (TPSA) is 56.1 Å². The van der Waals surface area contributed by atoms with Crippen LogP contribution < -0.4 is 10.9 Å². The van der Waals surface area contributed by atoms with E-state index < -0.39 is 0 Å². The summed E-state index contributed by atoms with van der Waals surface area (Å²) < 4.78 is 6.93. The Kier molecular flexibility index (Phi) is 6.03. The minimum absolute atomic E-state index is 0.0962. The largest absolute Gasteiger partial charge is 0.379 e. The number of aryl methyl sites for hydroxylation is 1. The summed E-state index contributed by atoms with van der Waals surface area (Å²) >= 11 is 0. The molecule has 0 spiro atoms. The SMILES string of the molecule is C=CCCOCCNc1nccn(CC)c1=O. The van der Waals surface area contributed by atoms with Crippen molar-refractivity contribution in [3.8, 4) is 0 Å². The predicted octanol–water partition coefficient (Wildman–Crippen LogP) is 1.27. The number of anilines is 1. The third-order valence-electron chi connectivity index (χ3n) is 2.26. The maximum Gasteiger partial charge on any atom is 0.293 e. The number of ether oxygens (including phenoxy) is 1. The zero-order valence-corrected chi connectivity index (χ0v) is 10.2. The van der Waals surface area contributed by atoms with Gasteiger partial charge in [-0.1, -0.05) is 6.08 Å². The number of hydrogen-bond donors (Lipinski definition) is 1. The summed E-state index contributed by atoms with van der Waals surface area (Å²) in [5, 5.41) is 2.97. The first kappa shape index (κ1) is 13.4.